The maximum absolute atomic E-state index is 4.74. The third kappa shape index (κ3) is 2.14. The van der Waals surface area contributed by atoms with Crippen molar-refractivity contribution in [2.45, 2.75) is 27.3 Å². The number of nitrogens with zero attached hydrogens (tertiary/aromatic N) is 7. The minimum atomic E-state index is 0.545. The van der Waals surface area contributed by atoms with E-state index in [1.807, 2.05) is 24.6 Å². The molecular formula is C17H15N7S. The molecule has 0 fully saturated rings. The molecule has 0 aromatic carbocycles. The van der Waals surface area contributed by atoms with Crippen LogP contribution in [0.2, 0.25) is 0 Å². The van der Waals surface area contributed by atoms with Crippen molar-refractivity contribution < 1.29 is 0 Å². The number of hydrogen-bond donors (Lipinski definition) is 0. The molecule has 0 saturated heterocycles. The third-order valence-electron chi connectivity index (χ3n) is 4.36. The highest BCUT2D eigenvalue weighted by Gasteiger charge is 2.16. The third-order valence-corrected chi connectivity index (χ3v) is 5.43. The van der Waals surface area contributed by atoms with E-state index in [9.17, 15) is 0 Å². The zero-order chi connectivity index (χ0) is 17.1. The fraction of sp³-hybridized carbons (Fsp3) is 0.235. The topological polar surface area (TPSA) is 73.8 Å². The molecular weight excluding hydrogens is 334 g/mol. The van der Waals surface area contributed by atoms with Gasteiger partial charge in [-0.05, 0) is 38.5 Å². The molecule has 0 bridgehead atoms. The highest BCUT2D eigenvalue weighted by atomic mass is 32.1. The van der Waals surface area contributed by atoms with Crippen molar-refractivity contribution in [3.05, 3.63) is 47.4 Å². The van der Waals surface area contributed by atoms with Gasteiger partial charge in [0.25, 0.3) is 0 Å². The van der Waals surface area contributed by atoms with Crippen LogP contribution in [0, 0.1) is 20.8 Å². The van der Waals surface area contributed by atoms with Gasteiger partial charge in [-0.15, -0.1) is 16.4 Å². The van der Waals surface area contributed by atoms with Crippen molar-refractivity contribution in [2.24, 2.45) is 0 Å². The number of thiophene rings is 1. The molecule has 124 valence electrons. The van der Waals surface area contributed by atoms with Crippen LogP contribution in [0.15, 0.2) is 24.7 Å². The van der Waals surface area contributed by atoms with Gasteiger partial charge in [0.1, 0.15) is 22.4 Å². The van der Waals surface area contributed by atoms with Gasteiger partial charge in [0.05, 0.1) is 5.52 Å². The van der Waals surface area contributed by atoms with Crippen LogP contribution >= 0.6 is 11.3 Å². The fourth-order valence-electron chi connectivity index (χ4n) is 3.18. The van der Waals surface area contributed by atoms with E-state index in [2.05, 4.69) is 33.2 Å². The smallest absolute Gasteiger partial charge is 0.176 e. The van der Waals surface area contributed by atoms with Gasteiger partial charge < -0.3 is 0 Å². The standard InChI is InChI=1S/C17H15N7S/c1-9-6-10(2)20-17-13(9)14-15(25-17)16-21-12(22-24(16)8-18-14)7-23-11(3)4-5-19-23/h4-6,8H,7H2,1-3H3. The predicted octanol–water partition coefficient (Wildman–Crippen LogP) is 3.06. The van der Waals surface area contributed by atoms with E-state index < -0.39 is 0 Å². The van der Waals surface area contributed by atoms with Crippen LogP contribution < -0.4 is 0 Å². The van der Waals surface area contributed by atoms with E-state index in [4.69, 9.17) is 4.98 Å². The molecule has 0 N–H and O–H groups in total. The molecule has 0 aliphatic heterocycles. The van der Waals surface area contributed by atoms with E-state index in [0.717, 1.165) is 43.3 Å². The number of aryl methyl sites for hydroxylation is 3. The maximum Gasteiger partial charge on any atom is 0.176 e. The summed E-state index contributed by atoms with van der Waals surface area (Å²) in [7, 11) is 0. The molecule has 5 rings (SSSR count). The highest BCUT2D eigenvalue weighted by molar-refractivity contribution is 7.26. The average Bonchev–Trinajstić information content (AvgIpc) is 3.23. The minimum absolute atomic E-state index is 0.545. The van der Waals surface area contributed by atoms with Gasteiger partial charge in [-0.1, -0.05) is 0 Å². The molecule has 0 saturated carbocycles. The lowest BCUT2D eigenvalue weighted by atomic mass is 10.1. The molecule has 0 aliphatic carbocycles. The van der Waals surface area contributed by atoms with E-state index >= 15 is 0 Å². The van der Waals surface area contributed by atoms with Gasteiger partial charge in [0, 0.05) is 23.0 Å². The Bertz CT molecular complexity index is 1260. The molecule has 0 spiro atoms. The quantitative estimate of drug-likeness (QED) is 0.490. The summed E-state index contributed by atoms with van der Waals surface area (Å²) in [5, 5.41) is 9.97. The average molecular weight is 349 g/mol. The largest absolute Gasteiger partial charge is 0.262 e. The van der Waals surface area contributed by atoms with Crippen LogP contribution in [0.1, 0.15) is 22.8 Å². The first-order valence-electron chi connectivity index (χ1n) is 7.99. The number of hydrogen-bond acceptors (Lipinski definition) is 6. The van der Waals surface area contributed by atoms with Crippen molar-refractivity contribution in [3.63, 3.8) is 0 Å². The first-order chi connectivity index (χ1) is 12.1. The predicted molar refractivity (Wildman–Crippen MR) is 97.0 cm³/mol. The Kier molecular flexibility index (Phi) is 2.93. The summed E-state index contributed by atoms with van der Waals surface area (Å²) in [6.07, 6.45) is 3.52. The maximum atomic E-state index is 4.74. The summed E-state index contributed by atoms with van der Waals surface area (Å²) >= 11 is 1.62. The van der Waals surface area contributed by atoms with E-state index in [-0.39, 0.29) is 0 Å². The molecule has 25 heavy (non-hydrogen) atoms. The number of aromatic nitrogens is 7. The summed E-state index contributed by atoms with van der Waals surface area (Å²) in [6, 6.07) is 4.06. The zero-order valence-electron chi connectivity index (χ0n) is 14.1. The van der Waals surface area contributed by atoms with Crippen molar-refractivity contribution in [1.29, 1.82) is 0 Å². The summed E-state index contributed by atoms with van der Waals surface area (Å²) in [6.45, 7) is 6.68. The van der Waals surface area contributed by atoms with Crippen molar-refractivity contribution in [3.8, 4) is 0 Å². The van der Waals surface area contributed by atoms with Gasteiger partial charge in [0.2, 0.25) is 0 Å². The second-order valence-corrected chi connectivity index (χ2v) is 7.21. The Morgan fingerprint density at radius 2 is 2.04 bits per heavy atom. The van der Waals surface area contributed by atoms with Gasteiger partial charge in [-0.2, -0.15) is 5.10 Å². The molecule has 0 radical (unpaired) electrons. The van der Waals surface area contributed by atoms with Crippen LogP contribution in [0.4, 0.5) is 0 Å². The van der Waals surface area contributed by atoms with E-state index in [1.54, 1.807) is 28.4 Å². The lowest BCUT2D eigenvalue weighted by Gasteiger charge is -1.98. The van der Waals surface area contributed by atoms with Gasteiger partial charge >= 0.3 is 0 Å². The molecule has 0 amide bonds. The van der Waals surface area contributed by atoms with Crippen LogP contribution in [-0.2, 0) is 6.54 Å². The lowest BCUT2D eigenvalue weighted by molar-refractivity contribution is 0.635. The molecule has 0 unspecified atom stereocenters. The number of fused-ring (bicyclic) bond motifs is 5. The number of pyridine rings is 1. The Labute approximate surface area is 147 Å². The fourth-order valence-corrected chi connectivity index (χ4v) is 4.40. The van der Waals surface area contributed by atoms with Crippen LogP contribution in [0.25, 0.3) is 26.1 Å². The summed E-state index contributed by atoms with van der Waals surface area (Å²) in [5.74, 6) is 0.722. The van der Waals surface area contributed by atoms with Crippen LogP contribution in [0.3, 0.4) is 0 Å². The molecule has 7 nitrogen and oxygen atoms in total. The van der Waals surface area contributed by atoms with Gasteiger partial charge in [0.15, 0.2) is 11.5 Å². The zero-order valence-corrected chi connectivity index (χ0v) is 14.9. The molecule has 5 heterocycles. The Morgan fingerprint density at radius 3 is 2.84 bits per heavy atom. The molecule has 0 atom stereocenters. The SMILES string of the molecule is Cc1cc(C)c2c(n1)sc1c2ncn2nc(Cn3nccc3C)nc12. The minimum Gasteiger partial charge on any atom is -0.262 e. The summed E-state index contributed by atoms with van der Waals surface area (Å²) < 4.78 is 4.66. The highest BCUT2D eigenvalue weighted by Crippen LogP contribution is 2.35. The molecule has 8 heteroatoms. The number of rotatable bonds is 2. The van der Waals surface area contributed by atoms with Crippen molar-refractivity contribution in [2.75, 3.05) is 0 Å². The normalized spacial score (nSPS) is 12.0. The molecule has 0 aliphatic rings. The van der Waals surface area contributed by atoms with Crippen LogP contribution in [0.5, 0.6) is 0 Å². The Balaban J connectivity index is 1.74. The van der Waals surface area contributed by atoms with Crippen LogP contribution in [-0.4, -0.2) is 34.3 Å². The Hall–Kier alpha value is -2.87. The van der Waals surface area contributed by atoms with Gasteiger partial charge in [-0.3, -0.25) is 4.68 Å². The lowest BCUT2D eigenvalue weighted by Crippen LogP contribution is -2.05. The monoisotopic (exact) mass is 349 g/mol. The molecule has 5 aromatic rings. The first-order valence-corrected chi connectivity index (χ1v) is 8.81. The van der Waals surface area contributed by atoms with E-state index in [0.29, 0.717) is 6.54 Å². The van der Waals surface area contributed by atoms with Gasteiger partial charge in [-0.25, -0.2) is 19.5 Å². The summed E-state index contributed by atoms with van der Waals surface area (Å²) in [5.41, 5.74) is 5.07. The molecule has 5 aromatic heterocycles. The first kappa shape index (κ1) is 14.5. The van der Waals surface area contributed by atoms with Crippen molar-refractivity contribution >= 4 is 37.4 Å². The second kappa shape index (κ2) is 5.06. The van der Waals surface area contributed by atoms with E-state index in [1.165, 1.54) is 5.56 Å². The summed E-state index contributed by atoms with van der Waals surface area (Å²) in [4.78, 5) is 15.0. The van der Waals surface area contributed by atoms with Crippen molar-refractivity contribution in [1.82, 2.24) is 34.3 Å². The second-order valence-electron chi connectivity index (χ2n) is 6.21. The Morgan fingerprint density at radius 1 is 1.16 bits per heavy atom.